The number of hydrogen-bond acceptors (Lipinski definition) is 3. The molecule has 2 aromatic carbocycles. The predicted molar refractivity (Wildman–Crippen MR) is 95.0 cm³/mol. The van der Waals surface area contributed by atoms with Gasteiger partial charge in [0.2, 0.25) is 5.24 Å². The third-order valence-electron chi connectivity index (χ3n) is 4.34. The minimum absolute atomic E-state index is 0.0457. The van der Waals surface area contributed by atoms with E-state index in [9.17, 15) is 13.2 Å². The van der Waals surface area contributed by atoms with Gasteiger partial charge in [0, 0.05) is 13.0 Å². The van der Waals surface area contributed by atoms with Crippen LogP contribution in [0.25, 0.3) is 0 Å². The number of para-hydroxylation sites is 1. The van der Waals surface area contributed by atoms with Gasteiger partial charge in [-0.05, 0) is 54.6 Å². The first-order valence-corrected chi connectivity index (χ1v) is 9.58. The fraction of sp³-hybridized carbons (Fsp3) is 0.278. The number of sulfonamides is 1. The summed E-state index contributed by atoms with van der Waals surface area (Å²) in [5.41, 5.74) is 2.49. The Bertz CT molecular complexity index is 862. The number of hydrogen-bond donors (Lipinski definition) is 0. The first-order valence-electron chi connectivity index (χ1n) is 7.76. The fourth-order valence-corrected chi connectivity index (χ4v) is 4.79. The van der Waals surface area contributed by atoms with Crippen LogP contribution in [0.4, 0.5) is 5.69 Å². The number of halogens is 1. The highest BCUT2D eigenvalue weighted by atomic mass is 35.5. The van der Waals surface area contributed by atoms with E-state index in [1.54, 1.807) is 36.4 Å². The van der Waals surface area contributed by atoms with E-state index in [0.29, 0.717) is 18.7 Å². The number of rotatable bonds is 4. The largest absolute Gasteiger partial charge is 0.281 e. The van der Waals surface area contributed by atoms with Crippen molar-refractivity contribution in [1.29, 1.82) is 0 Å². The van der Waals surface area contributed by atoms with E-state index in [1.165, 1.54) is 4.31 Å². The van der Waals surface area contributed by atoms with Crippen LogP contribution < -0.4 is 4.31 Å². The monoisotopic (exact) mass is 363 g/mol. The van der Waals surface area contributed by atoms with Crippen molar-refractivity contribution in [2.45, 2.75) is 30.6 Å². The minimum atomic E-state index is -3.63. The number of carbonyl (C=O) groups is 1. The Kier molecular flexibility index (Phi) is 4.65. The van der Waals surface area contributed by atoms with Crippen LogP contribution in [-0.4, -0.2) is 20.2 Å². The Morgan fingerprint density at radius 1 is 1.17 bits per heavy atom. The molecule has 0 radical (unpaired) electrons. The SMILES string of the molecule is Cc1ccc(S(=O)(=O)N2CCC(CC(=O)Cl)c3ccccc32)cc1. The predicted octanol–water partition coefficient (Wildman–Crippen LogP) is 3.83. The van der Waals surface area contributed by atoms with Gasteiger partial charge in [0.25, 0.3) is 10.0 Å². The van der Waals surface area contributed by atoms with Crippen molar-refractivity contribution in [2.75, 3.05) is 10.8 Å². The molecule has 3 rings (SSSR count). The Morgan fingerprint density at radius 2 is 1.83 bits per heavy atom. The molecular formula is C18H18ClNO3S. The molecule has 2 aromatic rings. The van der Waals surface area contributed by atoms with Crippen molar-refractivity contribution in [3.05, 3.63) is 59.7 Å². The lowest BCUT2D eigenvalue weighted by molar-refractivity contribution is -0.112. The smallest absolute Gasteiger partial charge is 0.264 e. The van der Waals surface area contributed by atoms with E-state index < -0.39 is 15.3 Å². The summed E-state index contributed by atoms with van der Waals surface area (Å²) >= 11 is 5.54. The summed E-state index contributed by atoms with van der Waals surface area (Å²) < 4.78 is 27.5. The standard InChI is InChI=1S/C18H18ClNO3S/c1-13-6-8-15(9-7-13)24(22,23)20-11-10-14(12-18(19)21)16-4-2-3-5-17(16)20/h2-9,14H,10-12H2,1H3. The lowest BCUT2D eigenvalue weighted by Gasteiger charge is -2.34. The van der Waals surface area contributed by atoms with Gasteiger partial charge in [0.15, 0.2) is 0 Å². The molecule has 0 saturated heterocycles. The first-order chi connectivity index (χ1) is 11.4. The lowest BCUT2D eigenvalue weighted by atomic mass is 9.89. The second-order valence-electron chi connectivity index (χ2n) is 5.99. The molecule has 0 N–H and O–H groups in total. The molecule has 1 aliphatic heterocycles. The number of nitrogens with zero attached hydrogens (tertiary/aromatic N) is 1. The Balaban J connectivity index is 2.03. The highest BCUT2D eigenvalue weighted by Crippen LogP contribution is 2.39. The summed E-state index contributed by atoms with van der Waals surface area (Å²) in [6.07, 6.45) is 0.789. The number of benzene rings is 2. The number of anilines is 1. The van der Waals surface area contributed by atoms with Crippen LogP contribution in [0.15, 0.2) is 53.4 Å². The van der Waals surface area contributed by atoms with Crippen molar-refractivity contribution in [2.24, 2.45) is 0 Å². The van der Waals surface area contributed by atoms with Crippen LogP contribution in [0.1, 0.15) is 29.9 Å². The van der Waals surface area contributed by atoms with Gasteiger partial charge in [-0.2, -0.15) is 0 Å². The molecule has 126 valence electrons. The highest BCUT2D eigenvalue weighted by Gasteiger charge is 2.33. The summed E-state index contributed by atoms with van der Waals surface area (Å²) in [5.74, 6) is -0.0457. The van der Waals surface area contributed by atoms with Crippen LogP contribution in [0.3, 0.4) is 0 Å². The second-order valence-corrected chi connectivity index (χ2v) is 8.28. The zero-order valence-electron chi connectivity index (χ0n) is 13.3. The summed E-state index contributed by atoms with van der Waals surface area (Å²) in [7, 11) is -3.63. The maximum Gasteiger partial charge on any atom is 0.264 e. The van der Waals surface area contributed by atoms with Crippen LogP contribution >= 0.6 is 11.6 Å². The molecule has 1 atom stereocenters. The van der Waals surface area contributed by atoms with E-state index in [-0.39, 0.29) is 17.2 Å². The second kappa shape index (κ2) is 6.57. The number of carbonyl (C=O) groups excluding carboxylic acids is 1. The topological polar surface area (TPSA) is 54.5 Å². The molecule has 6 heteroatoms. The Hall–Kier alpha value is -1.85. The van der Waals surface area contributed by atoms with Gasteiger partial charge in [-0.3, -0.25) is 9.10 Å². The van der Waals surface area contributed by atoms with Gasteiger partial charge in [0.05, 0.1) is 10.6 Å². The van der Waals surface area contributed by atoms with E-state index in [0.717, 1.165) is 11.1 Å². The molecule has 1 heterocycles. The van der Waals surface area contributed by atoms with Crippen molar-refractivity contribution < 1.29 is 13.2 Å². The summed E-state index contributed by atoms with van der Waals surface area (Å²) in [6, 6.07) is 14.1. The van der Waals surface area contributed by atoms with Crippen LogP contribution in [0.2, 0.25) is 0 Å². The van der Waals surface area contributed by atoms with E-state index in [2.05, 4.69) is 0 Å². The first kappa shape index (κ1) is 17.0. The Labute approximate surface area is 147 Å². The minimum Gasteiger partial charge on any atom is -0.281 e. The summed E-state index contributed by atoms with van der Waals surface area (Å²) in [4.78, 5) is 11.6. The van der Waals surface area contributed by atoms with E-state index in [4.69, 9.17) is 11.6 Å². The quantitative estimate of drug-likeness (QED) is 0.775. The normalized spacial score (nSPS) is 17.4. The van der Waals surface area contributed by atoms with Gasteiger partial charge < -0.3 is 0 Å². The molecule has 0 aliphatic carbocycles. The van der Waals surface area contributed by atoms with E-state index in [1.807, 2.05) is 19.1 Å². The molecule has 0 amide bonds. The molecule has 0 bridgehead atoms. The van der Waals surface area contributed by atoms with Gasteiger partial charge in [-0.25, -0.2) is 8.42 Å². The van der Waals surface area contributed by atoms with Gasteiger partial charge in [-0.1, -0.05) is 35.9 Å². The molecule has 1 aliphatic rings. The zero-order chi connectivity index (χ0) is 17.3. The van der Waals surface area contributed by atoms with Crippen LogP contribution in [0, 0.1) is 6.92 Å². The molecule has 4 nitrogen and oxygen atoms in total. The molecular weight excluding hydrogens is 346 g/mol. The lowest BCUT2D eigenvalue weighted by Crippen LogP contribution is -2.37. The highest BCUT2D eigenvalue weighted by molar-refractivity contribution is 7.92. The number of fused-ring (bicyclic) bond motifs is 1. The third-order valence-corrected chi connectivity index (χ3v) is 6.32. The molecule has 0 saturated carbocycles. The fourth-order valence-electron chi connectivity index (χ4n) is 3.10. The third kappa shape index (κ3) is 3.19. The summed E-state index contributed by atoms with van der Waals surface area (Å²) in [6.45, 7) is 2.25. The average molecular weight is 364 g/mol. The zero-order valence-corrected chi connectivity index (χ0v) is 14.8. The molecule has 1 unspecified atom stereocenters. The van der Waals surface area contributed by atoms with Crippen molar-refractivity contribution in [3.63, 3.8) is 0 Å². The van der Waals surface area contributed by atoms with Crippen molar-refractivity contribution in [3.8, 4) is 0 Å². The van der Waals surface area contributed by atoms with Crippen LogP contribution in [0.5, 0.6) is 0 Å². The van der Waals surface area contributed by atoms with Gasteiger partial charge >= 0.3 is 0 Å². The average Bonchev–Trinajstić information content (AvgIpc) is 2.55. The Morgan fingerprint density at radius 3 is 2.50 bits per heavy atom. The molecule has 0 aromatic heterocycles. The molecule has 24 heavy (non-hydrogen) atoms. The van der Waals surface area contributed by atoms with Gasteiger partial charge in [-0.15, -0.1) is 0 Å². The maximum atomic E-state index is 13.0. The maximum absolute atomic E-state index is 13.0. The van der Waals surface area contributed by atoms with E-state index >= 15 is 0 Å². The van der Waals surface area contributed by atoms with Crippen molar-refractivity contribution in [1.82, 2.24) is 0 Å². The number of aryl methyl sites for hydroxylation is 1. The van der Waals surface area contributed by atoms with Gasteiger partial charge in [0.1, 0.15) is 0 Å². The van der Waals surface area contributed by atoms with Crippen molar-refractivity contribution >= 4 is 32.6 Å². The summed E-state index contributed by atoms with van der Waals surface area (Å²) in [5, 5.41) is -0.398. The van der Waals surface area contributed by atoms with Crippen LogP contribution in [-0.2, 0) is 14.8 Å². The molecule has 0 fully saturated rings. The molecule has 0 spiro atoms.